The van der Waals surface area contributed by atoms with Gasteiger partial charge in [-0.3, -0.25) is 4.79 Å². The van der Waals surface area contributed by atoms with E-state index in [-0.39, 0.29) is 24.3 Å². The van der Waals surface area contributed by atoms with E-state index in [1.165, 1.54) is 19.3 Å². The summed E-state index contributed by atoms with van der Waals surface area (Å²) in [6, 6.07) is 0. The van der Waals surface area contributed by atoms with Crippen LogP contribution in [0.2, 0.25) is 0 Å². The molecule has 88 valence electrons. The zero-order valence-electron chi connectivity index (χ0n) is 9.99. The van der Waals surface area contributed by atoms with Crippen LogP contribution in [0.3, 0.4) is 0 Å². The van der Waals surface area contributed by atoms with Gasteiger partial charge in [-0.15, -0.1) is 0 Å². The molecule has 0 saturated carbocycles. The highest BCUT2D eigenvalue weighted by Gasteiger charge is 2.33. The molecule has 0 spiro atoms. The molecule has 1 fully saturated rings. The van der Waals surface area contributed by atoms with Crippen LogP contribution in [0, 0.1) is 5.92 Å². The van der Waals surface area contributed by atoms with E-state index in [0.717, 1.165) is 12.8 Å². The third kappa shape index (κ3) is 3.82. The molecule has 15 heavy (non-hydrogen) atoms. The minimum atomic E-state index is -0.370. The maximum Gasteiger partial charge on any atom is 0.313 e. The normalized spacial score (nSPS) is 31.4. The molecule has 3 atom stereocenters. The molecule has 3 nitrogen and oxygen atoms in total. The minimum absolute atomic E-state index is 0.0538. The molecule has 1 rings (SSSR count). The van der Waals surface area contributed by atoms with Gasteiger partial charge in [0.05, 0.1) is 12.0 Å². The molecule has 1 heterocycles. The lowest BCUT2D eigenvalue weighted by molar-refractivity contribution is -0.223. The molecule has 0 aromatic heterocycles. The summed E-state index contributed by atoms with van der Waals surface area (Å²) in [7, 11) is 0. The predicted molar refractivity (Wildman–Crippen MR) is 58.4 cm³/mol. The second-order valence-corrected chi connectivity index (χ2v) is 4.32. The van der Waals surface area contributed by atoms with Gasteiger partial charge in [0, 0.05) is 0 Å². The lowest BCUT2D eigenvalue weighted by atomic mass is 9.98. The van der Waals surface area contributed by atoms with E-state index in [2.05, 4.69) is 6.92 Å². The van der Waals surface area contributed by atoms with E-state index in [1.807, 2.05) is 6.92 Å². The first kappa shape index (κ1) is 12.5. The zero-order chi connectivity index (χ0) is 11.3. The molecule has 0 aliphatic carbocycles. The van der Waals surface area contributed by atoms with Crippen LogP contribution in [0.1, 0.15) is 52.9 Å². The Kier molecular flexibility index (Phi) is 5.09. The second-order valence-electron chi connectivity index (χ2n) is 4.32. The van der Waals surface area contributed by atoms with Gasteiger partial charge in [0.15, 0.2) is 6.29 Å². The van der Waals surface area contributed by atoms with Gasteiger partial charge in [-0.1, -0.05) is 32.6 Å². The van der Waals surface area contributed by atoms with Crippen LogP contribution in [0.4, 0.5) is 0 Å². The molecular weight excluding hydrogens is 192 g/mol. The Hall–Kier alpha value is -0.570. The Morgan fingerprint density at radius 3 is 2.60 bits per heavy atom. The first-order valence-corrected chi connectivity index (χ1v) is 6.01. The quantitative estimate of drug-likeness (QED) is 0.521. The highest BCUT2D eigenvalue weighted by molar-refractivity contribution is 5.73. The van der Waals surface area contributed by atoms with Gasteiger partial charge in [0.25, 0.3) is 0 Å². The molecule has 0 aromatic carbocycles. The van der Waals surface area contributed by atoms with Crippen LogP contribution in [0.25, 0.3) is 0 Å². The standard InChI is InChI=1S/C12H22O3/c1-4-5-6-7-8-11-9(2)12(13)15-10(3)14-11/h9-11H,4-8H2,1-3H3/t9-,10+,11+/m1/s1. The average molecular weight is 214 g/mol. The van der Waals surface area contributed by atoms with Gasteiger partial charge < -0.3 is 9.47 Å². The molecule has 3 heteroatoms. The molecule has 0 bridgehead atoms. The lowest BCUT2D eigenvalue weighted by Crippen LogP contribution is -2.40. The highest BCUT2D eigenvalue weighted by Crippen LogP contribution is 2.23. The van der Waals surface area contributed by atoms with Crippen molar-refractivity contribution < 1.29 is 14.3 Å². The van der Waals surface area contributed by atoms with Gasteiger partial charge in [-0.05, 0) is 20.3 Å². The first-order chi connectivity index (χ1) is 7.15. The first-order valence-electron chi connectivity index (χ1n) is 6.01. The monoisotopic (exact) mass is 214 g/mol. The largest absolute Gasteiger partial charge is 0.436 e. The minimum Gasteiger partial charge on any atom is -0.436 e. The third-order valence-corrected chi connectivity index (χ3v) is 2.92. The molecule has 1 saturated heterocycles. The molecule has 0 unspecified atom stereocenters. The van der Waals surface area contributed by atoms with Gasteiger partial charge in [-0.25, -0.2) is 0 Å². The number of cyclic esters (lactones) is 1. The van der Waals surface area contributed by atoms with Crippen LogP contribution in [-0.2, 0) is 14.3 Å². The fourth-order valence-corrected chi connectivity index (χ4v) is 1.90. The number of esters is 1. The Bertz CT molecular complexity index is 203. The Labute approximate surface area is 92.1 Å². The van der Waals surface area contributed by atoms with E-state index in [9.17, 15) is 4.79 Å². The number of hydrogen-bond acceptors (Lipinski definition) is 3. The Morgan fingerprint density at radius 2 is 1.93 bits per heavy atom. The van der Waals surface area contributed by atoms with Crippen molar-refractivity contribution in [2.75, 3.05) is 0 Å². The van der Waals surface area contributed by atoms with Crippen LogP contribution in [0.15, 0.2) is 0 Å². The van der Waals surface area contributed by atoms with Gasteiger partial charge in [-0.2, -0.15) is 0 Å². The number of rotatable bonds is 5. The topological polar surface area (TPSA) is 35.5 Å². The van der Waals surface area contributed by atoms with Crippen molar-refractivity contribution in [2.45, 2.75) is 65.3 Å². The van der Waals surface area contributed by atoms with Crippen molar-refractivity contribution in [3.8, 4) is 0 Å². The van der Waals surface area contributed by atoms with Crippen molar-refractivity contribution in [3.63, 3.8) is 0 Å². The molecule has 0 aromatic rings. The molecular formula is C12H22O3. The summed E-state index contributed by atoms with van der Waals surface area (Å²) in [6.07, 6.45) is 5.53. The van der Waals surface area contributed by atoms with Crippen LogP contribution in [0.5, 0.6) is 0 Å². The molecule has 1 aliphatic rings. The van der Waals surface area contributed by atoms with Crippen molar-refractivity contribution >= 4 is 5.97 Å². The molecule has 0 amide bonds. The maximum absolute atomic E-state index is 11.4. The van der Waals surface area contributed by atoms with Crippen molar-refractivity contribution in [1.29, 1.82) is 0 Å². The fraction of sp³-hybridized carbons (Fsp3) is 0.917. The van der Waals surface area contributed by atoms with Crippen molar-refractivity contribution in [2.24, 2.45) is 5.92 Å². The summed E-state index contributed by atoms with van der Waals surface area (Å²) >= 11 is 0. The van der Waals surface area contributed by atoms with E-state index in [0.29, 0.717) is 0 Å². The van der Waals surface area contributed by atoms with E-state index >= 15 is 0 Å². The van der Waals surface area contributed by atoms with E-state index in [4.69, 9.17) is 9.47 Å². The summed E-state index contributed by atoms with van der Waals surface area (Å²) in [5, 5.41) is 0. The molecule has 0 radical (unpaired) electrons. The fourth-order valence-electron chi connectivity index (χ4n) is 1.90. The van der Waals surface area contributed by atoms with Gasteiger partial charge in [0.1, 0.15) is 0 Å². The SMILES string of the molecule is CCCCCC[C@@H]1O[C@H](C)OC(=O)[C@@H]1C. The summed E-state index contributed by atoms with van der Waals surface area (Å²) in [5.41, 5.74) is 0. The van der Waals surface area contributed by atoms with E-state index < -0.39 is 0 Å². The number of carbonyl (C=O) groups is 1. The van der Waals surface area contributed by atoms with Crippen molar-refractivity contribution in [3.05, 3.63) is 0 Å². The number of carbonyl (C=O) groups excluding carboxylic acids is 1. The lowest BCUT2D eigenvalue weighted by Gasteiger charge is -2.32. The Balaban J connectivity index is 2.29. The second kappa shape index (κ2) is 6.11. The van der Waals surface area contributed by atoms with Gasteiger partial charge >= 0.3 is 5.97 Å². The molecule has 1 aliphatic heterocycles. The van der Waals surface area contributed by atoms with Crippen molar-refractivity contribution in [1.82, 2.24) is 0 Å². The van der Waals surface area contributed by atoms with Gasteiger partial charge in [0.2, 0.25) is 0 Å². The predicted octanol–water partition coefficient (Wildman–Crippen LogP) is 2.88. The van der Waals surface area contributed by atoms with Crippen LogP contribution in [-0.4, -0.2) is 18.4 Å². The third-order valence-electron chi connectivity index (χ3n) is 2.92. The number of hydrogen-bond donors (Lipinski definition) is 0. The summed E-state index contributed by atoms with van der Waals surface area (Å²) < 4.78 is 10.6. The summed E-state index contributed by atoms with van der Waals surface area (Å²) in [4.78, 5) is 11.4. The number of ether oxygens (including phenoxy) is 2. The Morgan fingerprint density at radius 1 is 1.20 bits per heavy atom. The summed E-state index contributed by atoms with van der Waals surface area (Å²) in [5.74, 6) is -0.225. The highest BCUT2D eigenvalue weighted by atomic mass is 16.7. The number of unbranched alkanes of at least 4 members (excludes halogenated alkanes) is 3. The molecule has 0 N–H and O–H groups in total. The van der Waals surface area contributed by atoms with E-state index in [1.54, 1.807) is 6.92 Å². The summed E-state index contributed by atoms with van der Waals surface area (Å²) in [6.45, 7) is 5.86. The maximum atomic E-state index is 11.4. The average Bonchev–Trinajstić information content (AvgIpc) is 2.19. The smallest absolute Gasteiger partial charge is 0.313 e. The van der Waals surface area contributed by atoms with Crippen LogP contribution < -0.4 is 0 Å². The van der Waals surface area contributed by atoms with Crippen LogP contribution >= 0.6 is 0 Å². The zero-order valence-corrected chi connectivity index (χ0v) is 9.99.